The van der Waals surface area contributed by atoms with Crippen molar-refractivity contribution in [2.24, 2.45) is 0 Å². The first-order valence-corrected chi connectivity index (χ1v) is 21.0. The Balaban J connectivity index is 3.65. The summed E-state index contributed by atoms with van der Waals surface area (Å²) in [7, 11) is 11.0. The molecule has 1 aliphatic carbocycles. The number of hydrogen-bond donors (Lipinski definition) is 0. The molecule has 0 bridgehead atoms. The topological polar surface area (TPSA) is 9.72 Å². The predicted molar refractivity (Wildman–Crippen MR) is 72.3 cm³/mol. The number of hydrogen-bond acceptors (Lipinski definition) is 3. The Labute approximate surface area is 114 Å². The Morgan fingerprint density at radius 1 is 1.00 bits per heavy atom. The van der Waals surface area contributed by atoms with E-state index in [9.17, 15) is 7.00 Å². The molecule has 0 aromatic rings. The maximum atomic E-state index is 14.5. The van der Waals surface area contributed by atoms with Gasteiger partial charge in [0.25, 0.3) is 0 Å². The van der Waals surface area contributed by atoms with Crippen LogP contribution in [0.1, 0.15) is 6.42 Å². The van der Waals surface area contributed by atoms with E-state index >= 15 is 0 Å². The van der Waals surface area contributed by atoms with Crippen LogP contribution in [0.2, 0.25) is 0 Å². The molecule has 0 N–H and O–H groups in total. The quantitative estimate of drug-likeness (QED) is 0.650. The van der Waals surface area contributed by atoms with Gasteiger partial charge in [0.05, 0.1) is 0 Å². The second-order valence-electron chi connectivity index (χ2n) is 5.48. The summed E-state index contributed by atoms with van der Waals surface area (Å²) in [5.41, 5.74) is 0. The Bertz CT molecular complexity index is 337. The van der Waals surface area contributed by atoms with Gasteiger partial charge in [0.15, 0.2) is 0 Å². The minimum absolute atomic E-state index is 0.676. The van der Waals surface area contributed by atoms with Crippen LogP contribution in [0, 0.1) is 0 Å². The summed E-state index contributed by atoms with van der Waals surface area (Å²) in [6.07, 6.45) is 6.52. The van der Waals surface area contributed by atoms with Gasteiger partial charge in [0.1, 0.15) is 0 Å². The summed E-state index contributed by atoms with van der Waals surface area (Å²) in [6.45, 7) is 0. The van der Waals surface area contributed by atoms with Crippen molar-refractivity contribution in [3.05, 3.63) is 21.5 Å². The summed E-state index contributed by atoms with van der Waals surface area (Å²) in [4.78, 5) is 0. The van der Waals surface area contributed by atoms with Gasteiger partial charge < -0.3 is 0 Å². The standard InChI is InChI=1S/C5H5.3C2H6N.F2GeH.Zr/c1-2-4-5-3-1;4*1-3-2;/h1-3H,4H2;3*1-2H3;3H;/q;3*-1;;+3. The monoisotopic (exact) mass is 400 g/mol. The number of halogens is 2. The van der Waals surface area contributed by atoms with Crippen LogP contribution in [0.5, 0.6) is 0 Å². The van der Waals surface area contributed by atoms with E-state index in [-0.39, 0.29) is 0 Å². The van der Waals surface area contributed by atoms with Gasteiger partial charge in [-0.05, 0) is 0 Å². The van der Waals surface area contributed by atoms with E-state index in [1.54, 1.807) is 0 Å². The molecule has 3 nitrogen and oxygen atoms in total. The van der Waals surface area contributed by atoms with E-state index in [1.807, 2.05) is 69.0 Å². The van der Waals surface area contributed by atoms with Crippen LogP contribution in [-0.4, -0.2) is 62.3 Å². The van der Waals surface area contributed by atoms with Crippen molar-refractivity contribution in [3.63, 3.8) is 0 Å². The van der Waals surface area contributed by atoms with Gasteiger partial charge in [0, 0.05) is 0 Å². The van der Waals surface area contributed by atoms with Crippen LogP contribution in [0.15, 0.2) is 21.5 Å². The molecule has 0 saturated heterocycles. The SMILES string of the molecule is C[N](C)[Zr]([C]1=CC=CC1)([N](C)C)([N](C)C)[GeH]([F])[F]. The number of allylic oxidation sites excluding steroid dienone is 4. The van der Waals surface area contributed by atoms with Crippen LogP contribution in [0.4, 0.5) is 7.00 Å². The fraction of sp³-hybridized carbons (Fsp3) is 0.636. The van der Waals surface area contributed by atoms with E-state index in [0.717, 1.165) is 3.28 Å². The van der Waals surface area contributed by atoms with Crippen molar-refractivity contribution in [2.75, 3.05) is 42.3 Å². The molecule has 1 rings (SSSR count). The van der Waals surface area contributed by atoms with Crippen molar-refractivity contribution in [3.8, 4) is 0 Å². The normalized spacial score (nSPS) is 18.9. The molecule has 0 heterocycles. The molecule has 0 radical (unpaired) electrons. The van der Waals surface area contributed by atoms with Gasteiger partial charge in [-0.15, -0.1) is 0 Å². The van der Waals surface area contributed by atoms with Crippen LogP contribution in [0.3, 0.4) is 0 Å². The summed E-state index contributed by atoms with van der Waals surface area (Å²) in [6, 6.07) is 0. The Hall–Kier alpha value is 0.646. The fourth-order valence-electron chi connectivity index (χ4n) is 3.59. The Kier molecular flexibility index (Phi) is 5.16. The van der Waals surface area contributed by atoms with Crippen molar-refractivity contribution in [1.29, 1.82) is 0 Å². The average Bonchev–Trinajstić information content (AvgIpc) is 2.70. The van der Waals surface area contributed by atoms with E-state index in [4.69, 9.17) is 0 Å². The molecule has 7 heteroatoms. The second kappa shape index (κ2) is 5.56. The average molecular weight is 400 g/mol. The maximum absolute atomic E-state index is 14.5. The van der Waals surface area contributed by atoms with E-state index in [2.05, 4.69) is 0 Å². The van der Waals surface area contributed by atoms with Gasteiger partial charge in [-0.25, -0.2) is 0 Å². The molecule has 0 atom stereocenters. The summed E-state index contributed by atoms with van der Waals surface area (Å²) < 4.78 is 35.7. The van der Waals surface area contributed by atoms with Crippen molar-refractivity contribution in [1.82, 2.24) is 8.53 Å². The van der Waals surface area contributed by atoms with Gasteiger partial charge in [-0.3, -0.25) is 0 Å². The third-order valence-electron chi connectivity index (χ3n) is 4.43. The molecular weight excluding hydrogens is 376 g/mol. The minimum atomic E-state index is -4.67. The molecule has 0 aromatic carbocycles. The number of rotatable bonds is 5. The van der Waals surface area contributed by atoms with Crippen LogP contribution >= 0.6 is 0 Å². The summed E-state index contributed by atoms with van der Waals surface area (Å²) >= 11 is -9.11. The third-order valence-corrected chi connectivity index (χ3v) is 57.2. The first kappa shape index (κ1) is 16.7. The van der Waals surface area contributed by atoms with Gasteiger partial charge in [0.2, 0.25) is 0 Å². The Morgan fingerprint density at radius 2 is 1.44 bits per heavy atom. The van der Waals surface area contributed by atoms with Gasteiger partial charge >= 0.3 is 114 Å². The first-order valence-electron chi connectivity index (χ1n) is 6.05. The molecule has 0 spiro atoms. The summed E-state index contributed by atoms with van der Waals surface area (Å²) in [5.74, 6) is 0. The summed E-state index contributed by atoms with van der Waals surface area (Å²) in [5, 5.41) is 0. The molecule has 0 aromatic heterocycles. The van der Waals surface area contributed by atoms with Crippen molar-refractivity contribution >= 4 is 11.5 Å². The van der Waals surface area contributed by atoms with Crippen molar-refractivity contribution in [2.45, 2.75) is 6.42 Å². The molecule has 18 heavy (non-hydrogen) atoms. The van der Waals surface area contributed by atoms with E-state index in [1.165, 1.54) is 0 Å². The van der Waals surface area contributed by atoms with E-state index in [0.29, 0.717) is 6.42 Å². The van der Waals surface area contributed by atoms with Gasteiger partial charge in [-0.2, -0.15) is 0 Å². The molecule has 1 aliphatic rings. The molecule has 0 unspecified atom stereocenters. The van der Waals surface area contributed by atoms with E-state index < -0.39 is 28.6 Å². The second-order valence-corrected chi connectivity index (χ2v) is 39.4. The molecule has 0 amide bonds. The third kappa shape index (κ3) is 1.79. The molecular formula is C11H24F2GeN3Zr. The number of nitrogens with zero attached hydrogens (tertiary/aromatic N) is 3. The van der Waals surface area contributed by atoms with Gasteiger partial charge in [-0.1, -0.05) is 0 Å². The fourth-order valence-corrected chi connectivity index (χ4v) is 40.2. The predicted octanol–water partition coefficient (Wildman–Crippen LogP) is 1.61. The zero-order valence-corrected chi connectivity index (χ0v) is 17.0. The van der Waals surface area contributed by atoms with Crippen LogP contribution < -0.4 is 0 Å². The van der Waals surface area contributed by atoms with Crippen molar-refractivity contribution < 1.29 is 24.1 Å². The first-order chi connectivity index (χ1) is 8.23. The van der Waals surface area contributed by atoms with Crippen LogP contribution in [0.25, 0.3) is 0 Å². The zero-order valence-electron chi connectivity index (χ0n) is 12.1. The van der Waals surface area contributed by atoms with Crippen LogP contribution in [-0.2, 0) is 17.1 Å². The Morgan fingerprint density at radius 3 is 1.67 bits per heavy atom. The molecule has 0 aliphatic heterocycles. The molecule has 105 valence electrons. The molecule has 0 fully saturated rings. The molecule has 0 saturated carbocycles. The zero-order chi connectivity index (χ0) is 14.2.